The van der Waals surface area contributed by atoms with Crippen molar-refractivity contribution in [2.24, 2.45) is 5.92 Å². The number of benzene rings is 2. The number of rotatable bonds is 9. The lowest BCUT2D eigenvalue weighted by atomic mass is 10.0. The Balaban J connectivity index is 2.23. The zero-order chi connectivity index (χ0) is 23.9. The van der Waals surface area contributed by atoms with Gasteiger partial charge < -0.3 is 10.6 Å². The molecule has 0 unspecified atom stereocenters. The molecule has 32 heavy (non-hydrogen) atoms. The first-order valence-electron chi connectivity index (χ1n) is 10.4. The van der Waals surface area contributed by atoms with Crippen molar-refractivity contribution in [1.29, 1.82) is 0 Å². The molecule has 2 N–H and O–H groups in total. The summed E-state index contributed by atoms with van der Waals surface area (Å²) in [6.45, 7) is 7.77. The van der Waals surface area contributed by atoms with Gasteiger partial charge in [0.1, 0.15) is 6.04 Å². The molecule has 0 radical (unpaired) electrons. The molecule has 2 aromatic carbocycles. The van der Waals surface area contributed by atoms with Crippen LogP contribution in [0.25, 0.3) is 0 Å². The van der Waals surface area contributed by atoms with Crippen molar-refractivity contribution in [3.63, 3.8) is 0 Å². The topological polar surface area (TPSA) is 95.6 Å². The smallest absolute Gasteiger partial charge is 0.251 e. The second-order valence-corrected chi connectivity index (χ2v) is 9.46. The number of amides is 2. The van der Waals surface area contributed by atoms with E-state index in [4.69, 9.17) is 6.42 Å². The Hall–Kier alpha value is -3.15. The van der Waals surface area contributed by atoms with Gasteiger partial charge in [-0.2, -0.15) is 4.31 Å². The van der Waals surface area contributed by atoms with Crippen LogP contribution in [0.1, 0.15) is 43.6 Å². The fourth-order valence-electron chi connectivity index (χ4n) is 3.18. The number of carbonyl (C=O) groups is 2. The fraction of sp³-hybridized carbons (Fsp3) is 0.333. The summed E-state index contributed by atoms with van der Waals surface area (Å²) in [7, 11) is -3.71. The molecule has 0 aliphatic heterocycles. The zero-order valence-electron chi connectivity index (χ0n) is 18.8. The van der Waals surface area contributed by atoms with Crippen LogP contribution >= 0.6 is 0 Å². The first-order valence-corrected chi connectivity index (χ1v) is 11.9. The lowest BCUT2D eigenvalue weighted by Crippen LogP contribution is -2.47. The normalized spacial score (nSPS) is 12.3. The predicted octanol–water partition coefficient (Wildman–Crippen LogP) is 3.09. The van der Waals surface area contributed by atoms with E-state index < -0.39 is 27.9 Å². The fourth-order valence-corrected chi connectivity index (χ4v) is 4.68. The van der Waals surface area contributed by atoms with E-state index >= 15 is 0 Å². The molecule has 0 heterocycles. The van der Waals surface area contributed by atoms with E-state index in [0.717, 1.165) is 0 Å². The summed E-state index contributed by atoms with van der Waals surface area (Å²) in [5.41, 5.74) is 1.31. The van der Waals surface area contributed by atoms with Crippen LogP contribution in [0.15, 0.2) is 53.4 Å². The van der Waals surface area contributed by atoms with Crippen molar-refractivity contribution >= 4 is 27.5 Å². The van der Waals surface area contributed by atoms with Crippen LogP contribution in [0.3, 0.4) is 0 Å². The third-order valence-electron chi connectivity index (χ3n) is 4.97. The molecule has 0 saturated carbocycles. The number of sulfonamides is 1. The van der Waals surface area contributed by atoms with Crippen LogP contribution in [0.4, 0.5) is 5.69 Å². The molecule has 2 amide bonds. The van der Waals surface area contributed by atoms with E-state index in [1.165, 1.54) is 28.6 Å². The van der Waals surface area contributed by atoms with Gasteiger partial charge in [0.05, 0.1) is 4.90 Å². The Morgan fingerprint density at radius 1 is 1.06 bits per heavy atom. The van der Waals surface area contributed by atoms with Crippen LogP contribution in [0.5, 0.6) is 0 Å². The van der Waals surface area contributed by atoms with Crippen LogP contribution in [0, 0.1) is 18.3 Å². The summed E-state index contributed by atoms with van der Waals surface area (Å²) in [6, 6.07) is 11.8. The summed E-state index contributed by atoms with van der Waals surface area (Å²) in [6.07, 6.45) is 5.40. The van der Waals surface area contributed by atoms with E-state index in [-0.39, 0.29) is 16.4 Å². The second-order valence-electron chi connectivity index (χ2n) is 7.53. The van der Waals surface area contributed by atoms with Gasteiger partial charge in [0.15, 0.2) is 0 Å². The lowest BCUT2D eigenvalue weighted by Gasteiger charge is -2.22. The molecule has 7 nitrogen and oxygen atoms in total. The van der Waals surface area contributed by atoms with Crippen molar-refractivity contribution < 1.29 is 18.0 Å². The van der Waals surface area contributed by atoms with Crippen molar-refractivity contribution in [1.82, 2.24) is 9.62 Å². The first-order chi connectivity index (χ1) is 15.1. The minimum atomic E-state index is -3.71. The minimum Gasteiger partial charge on any atom is -0.340 e. The molecule has 2 aromatic rings. The number of nitrogens with one attached hydrogen (secondary N) is 2. The monoisotopic (exact) mass is 455 g/mol. The number of hydrogen-bond acceptors (Lipinski definition) is 4. The van der Waals surface area contributed by atoms with Gasteiger partial charge in [-0.1, -0.05) is 45.7 Å². The molecule has 1 atom stereocenters. The third kappa shape index (κ3) is 5.96. The maximum absolute atomic E-state index is 12.9. The molecule has 0 aliphatic carbocycles. The highest BCUT2D eigenvalue weighted by molar-refractivity contribution is 7.89. The quantitative estimate of drug-likeness (QED) is 0.568. The molecule has 0 fully saturated rings. The van der Waals surface area contributed by atoms with Crippen molar-refractivity contribution in [2.45, 2.75) is 38.6 Å². The zero-order valence-corrected chi connectivity index (χ0v) is 19.6. The molecule has 0 bridgehead atoms. The summed E-state index contributed by atoms with van der Waals surface area (Å²) in [5.74, 6) is 1.37. The van der Waals surface area contributed by atoms with Gasteiger partial charge in [-0.05, 0) is 42.3 Å². The second kappa shape index (κ2) is 10.9. The molecular weight excluding hydrogens is 426 g/mol. The summed E-state index contributed by atoms with van der Waals surface area (Å²) >= 11 is 0. The van der Waals surface area contributed by atoms with Gasteiger partial charge in [-0.25, -0.2) is 8.42 Å². The Labute approximate surface area is 190 Å². The highest BCUT2D eigenvalue weighted by atomic mass is 32.2. The SMILES string of the molecule is C#Cc1cccc(NC(=O)[C@@H](NC(=O)c2cccc(S(=O)(=O)N(CC)CC)c2)C(C)C)c1. The molecule has 8 heteroatoms. The molecule has 2 rings (SSSR count). The van der Waals surface area contributed by atoms with Crippen molar-refractivity contribution in [3.8, 4) is 12.3 Å². The lowest BCUT2D eigenvalue weighted by molar-refractivity contribution is -0.118. The Kier molecular flexibility index (Phi) is 8.58. The summed E-state index contributed by atoms with van der Waals surface area (Å²) < 4.78 is 26.9. The average molecular weight is 456 g/mol. The number of nitrogens with zero attached hydrogens (tertiary/aromatic N) is 1. The average Bonchev–Trinajstić information content (AvgIpc) is 2.77. The minimum absolute atomic E-state index is 0.0329. The largest absolute Gasteiger partial charge is 0.340 e. The summed E-state index contributed by atoms with van der Waals surface area (Å²) in [5, 5.41) is 5.49. The van der Waals surface area contributed by atoms with Crippen molar-refractivity contribution in [3.05, 3.63) is 59.7 Å². The van der Waals surface area contributed by atoms with Crippen LogP contribution in [-0.2, 0) is 14.8 Å². The number of carbonyl (C=O) groups excluding carboxylic acids is 2. The van der Waals surface area contributed by atoms with Gasteiger partial charge in [-0.3, -0.25) is 9.59 Å². The maximum atomic E-state index is 12.9. The Morgan fingerprint density at radius 2 is 1.72 bits per heavy atom. The number of hydrogen-bond donors (Lipinski definition) is 2. The van der Waals surface area contributed by atoms with Gasteiger partial charge in [0.25, 0.3) is 5.91 Å². The maximum Gasteiger partial charge on any atom is 0.251 e. The molecule has 170 valence electrons. The Bertz CT molecular complexity index is 1120. The highest BCUT2D eigenvalue weighted by Gasteiger charge is 2.26. The van der Waals surface area contributed by atoms with Crippen molar-refractivity contribution in [2.75, 3.05) is 18.4 Å². The van der Waals surface area contributed by atoms with Crippen LogP contribution in [0.2, 0.25) is 0 Å². The first kappa shape index (κ1) is 25.1. The van der Waals surface area contributed by atoms with E-state index in [2.05, 4.69) is 16.6 Å². The molecule has 0 aliphatic rings. The number of terminal acetylenes is 1. The van der Waals surface area contributed by atoms with Gasteiger partial charge in [0, 0.05) is 29.9 Å². The van der Waals surface area contributed by atoms with Crippen LogP contribution in [-0.4, -0.2) is 43.7 Å². The molecule has 0 spiro atoms. The molecule has 0 aromatic heterocycles. The summed E-state index contributed by atoms with van der Waals surface area (Å²) in [4.78, 5) is 25.7. The Morgan fingerprint density at radius 3 is 2.31 bits per heavy atom. The van der Waals surface area contributed by atoms with Gasteiger partial charge >= 0.3 is 0 Å². The predicted molar refractivity (Wildman–Crippen MR) is 126 cm³/mol. The third-order valence-corrected chi connectivity index (χ3v) is 7.02. The van der Waals surface area contributed by atoms with E-state index in [1.807, 2.05) is 13.8 Å². The molecule has 0 saturated heterocycles. The van der Waals surface area contributed by atoms with Gasteiger partial charge in [0.2, 0.25) is 15.9 Å². The van der Waals surface area contributed by atoms with Crippen LogP contribution < -0.4 is 10.6 Å². The molecular formula is C24H29N3O4S. The van der Waals surface area contributed by atoms with E-state index in [9.17, 15) is 18.0 Å². The number of anilines is 1. The van der Waals surface area contributed by atoms with E-state index in [1.54, 1.807) is 38.1 Å². The standard InChI is InChI=1S/C24H29N3O4S/c1-6-18-11-9-13-20(15-18)25-24(29)22(17(4)5)26-23(28)19-12-10-14-21(16-19)32(30,31)27(7-2)8-3/h1,9-17,22H,7-8H2,2-5H3,(H,25,29)(H,26,28)/t22-/m0/s1. The van der Waals surface area contributed by atoms with E-state index in [0.29, 0.717) is 24.3 Å². The van der Waals surface area contributed by atoms with Gasteiger partial charge in [-0.15, -0.1) is 6.42 Å². The highest BCUT2D eigenvalue weighted by Crippen LogP contribution is 2.18.